The van der Waals surface area contributed by atoms with Crippen molar-refractivity contribution in [3.63, 3.8) is 0 Å². The molecule has 0 atom stereocenters. The summed E-state index contributed by atoms with van der Waals surface area (Å²) in [6.45, 7) is 1.96. The molecule has 0 amide bonds. The number of fused-ring (bicyclic) bond motifs is 1. The Morgan fingerprint density at radius 2 is 1.90 bits per heavy atom. The van der Waals surface area contributed by atoms with Crippen LogP contribution < -0.4 is 0 Å². The Hall–Kier alpha value is -1.96. The van der Waals surface area contributed by atoms with Crippen molar-refractivity contribution in [2.24, 2.45) is 0 Å². The first-order valence-electron chi connectivity index (χ1n) is 5.96. The average Bonchev–Trinajstić information content (AvgIpc) is 2.78. The summed E-state index contributed by atoms with van der Waals surface area (Å²) in [5.74, 6) is 0. The van der Waals surface area contributed by atoms with Gasteiger partial charge in [0, 0.05) is 21.1 Å². The zero-order chi connectivity index (χ0) is 14.3. The molecule has 0 N–H and O–H groups in total. The summed E-state index contributed by atoms with van der Waals surface area (Å²) in [6.07, 6.45) is 0. The van der Waals surface area contributed by atoms with E-state index in [0.29, 0.717) is 0 Å². The van der Waals surface area contributed by atoms with Crippen molar-refractivity contribution in [2.75, 3.05) is 0 Å². The normalized spacial score (nSPS) is 10.9. The average molecular weight is 379 g/mol. The molecule has 2 aromatic carbocycles. The summed E-state index contributed by atoms with van der Waals surface area (Å²) in [5, 5.41) is 16.3. The van der Waals surface area contributed by atoms with Crippen LogP contribution in [0.15, 0.2) is 42.5 Å². The Morgan fingerprint density at radius 1 is 1.20 bits per heavy atom. The van der Waals surface area contributed by atoms with E-state index in [1.54, 1.807) is 12.1 Å². The van der Waals surface area contributed by atoms with Gasteiger partial charge in [0.2, 0.25) is 0 Å². The van der Waals surface area contributed by atoms with Gasteiger partial charge in [0.25, 0.3) is 5.69 Å². The number of nitro groups is 1. The molecule has 6 heteroatoms. The van der Waals surface area contributed by atoms with E-state index >= 15 is 0 Å². The first-order valence-corrected chi connectivity index (χ1v) is 7.04. The van der Waals surface area contributed by atoms with E-state index in [0.717, 1.165) is 25.9 Å². The van der Waals surface area contributed by atoms with E-state index in [2.05, 4.69) is 27.7 Å². The smallest absolute Gasteiger partial charge is 0.258 e. The number of non-ortho nitro benzene ring substituents is 1. The summed E-state index contributed by atoms with van der Waals surface area (Å²) in [5.41, 5.74) is 2.87. The third kappa shape index (κ3) is 2.05. The third-order valence-corrected chi connectivity index (χ3v) is 4.01. The Balaban J connectivity index is 2.22. The van der Waals surface area contributed by atoms with Crippen LogP contribution in [0.4, 0.5) is 5.69 Å². The molecule has 0 aliphatic carbocycles. The van der Waals surface area contributed by atoms with E-state index in [1.807, 2.05) is 29.8 Å². The zero-order valence-electron chi connectivity index (χ0n) is 10.6. The van der Waals surface area contributed by atoms with Crippen LogP contribution in [0, 0.1) is 20.6 Å². The minimum Gasteiger partial charge on any atom is -0.258 e. The standard InChI is InChI=1S/C14H10IN3O2/c1-9-12-3-2-4-13(15)14(12)17(16-9)10-5-7-11(8-6-10)18(19)20/h2-8H,1H3. The van der Waals surface area contributed by atoms with Crippen molar-refractivity contribution in [2.45, 2.75) is 6.92 Å². The number of hydrogen-bond acceptors (Lipinski definition) is 3. The summed E-state index contributed by atoms with van der Waals surface area (Å²) in [6, 6.07) is 12.5. The molecule has 3 rings (SSSR count). The Morgan fingerprint density at radius 3 is 2.55 bits per heavy atom. The molecule has 20 heavy (non-hydrogen) atoms. The van der Waals surface area contributed by atoms with Gasteiger partial charge < -0.3 is 0 Å². The first kappa shape index (κ1) is 13.0. The molecule has 1 aromatic heterocycles. The lowest BCUT2D eigenvalue weighted by Crippen LogP contribution is -1.98. The number of aryl methyl sites for hydroxylation is 1. The minimum atomic E-state index is -0.403. The van der Waals surface area contributed by atoms with E-state index in [-0.39, 0.29) is 5.69 Å². The lowest BCUT2D eigenvalue weighted by Gasteiger charge is -2.04. The second-order valence-corrected chi connectivity index (χ2v) is 5.57. The number of hydrogen-bond donors (Lipinski definition) is 0. The molecule has 0 spiro atoms. The van der Waals surface area contributed by atoms with Crippen LogP contribution in [0.25, 0.3) is 16.6 Å². The van der Waals surface area contributed by atoms with Gasteiger partial charge in [-0.1, -0.05) is 12.1 Å². The minimum absolute atomic E-state index is 0.0802. The highest BCUT2D eigenvalue weighted by atomic mass is 127. The van der Waals surface area contributed by atoms with Crippen molar-refractivity contribution >= 4 is 39.2 Å². The summed E-state index contributed by atoms with van der Waals surface area (Å²) < 4.78 is 2.93. The number of benzene rings is 2. The molecular weight excluding hydrogens is 369 g/mol. The van der Waals surface area contributed by atoms with Crippen LogP contribution >= 0.6 is 22.6 Å². The quantitative estimate of drug-likeness (QED) is 0.386. The molecule has 0 fully saturated rings. The van der Waals surface area contributed by atoms with Crippen LogP contribution in [0.5, 0.6) is 0 Å². The molecule has 100 valence electrons. The zero-order valence-corrected chi connectivity index (χ0v) is 12.7. The highest BCUT2D eigenvalue weighted by Gasteiger charge is 2.12. The van der Waals surface area contributed by atoms with Gasteiger partial charge in [-0.05, 0) is 47.7 Å². The lowest BCUT2D eigenvalue weighted by molar-refractivity contribution is -0.384. The van der Waals surface area contributed by atoms with Gasteiger partial charge in [-0.15, -0.1) is 0 Å². The van der Waals surface area contributed by atoms with E-state index in [9.17, 15) is 10.1 Å². The van der Waals surface area contributed by atoms with Crippen molar-refractivity contribution < 1.29 is 4.92 Å². The number of aromatic nitrogens is 2. The van der Waals surface area contributed by atoms with Crippen molar-refractivity contribution in [3.8, 4) is 5.69 Å². The van der Waals surface area contributed by atoms with Crippen molar-refractivity contribution in [1.29, 1.82) is 0 Å². The highest BCUT2D eigenvalue weighted by Crippen LogP contribution is 2.26. The van der Waals surface area contributed by atoms with E-state index in [4.69, 9.17) is 0 Å². The molecule has 0 unspecified atom stereocenters. The fraction of sp³-hybridized carbons (Fsp3) is 0.0714. The fourth-order valence-corrected chi connectivity index (χ4v) is 2.91. The largest absolute Gasteiger partial charge is 0.269 e. The molecule has 0 bridgehead atoms. The van der Waals surface area contributed by atoms with Gasteiger partial charge in [0.05, 0.1) is 21.8 Å². The third-order valence-electron chi connectivity index (χ3n) is 3.14. The van der Waals surface area contributed by atoms with Gasteiger partial charge in [-0.3, -0.25) is 10.1 Å². The van der Waals surface area contributed by atoms with Crippen LogP contribution in [-0.4, -0.2) is 14.7 Å². The molecule has 0 saturated carbocycles. The van der Waals surface area contributed by atoms with Crippen LogP contribution in [-0.2, 0) is 0 Å². The molecule has 1 heterocycles. The molecule has 5 nitrogen and oxygen atoms in total. The van der Waals surface area contributed by atoms with E-state index in [1.165, 1.54) is 12.1 Å². The number of rotatable bonds is 2. The maximum atomic E-state index is 10.7. The number of halogens is 1. The molecule has 3 aromatic rings. The van der Waals surface area contributed by atoms with Crippen LogP contribution in [0.3, 0.4) is 0 Å². The first-order chi connectivity index (χ1) is 9.58. The SMILES string of the molecule is Cc1nn(-c2ccc([N+](=O)[O-])cc2)c2c(I)cccc12. The van der Waals surface area contributed by atoms with Gasteiger partial charge in [-0.25, -0.2) is 4.68 Å². The number of para-hydroxylation sites is 1. The van der Waals surface area contributed by atoms with Crippen LogP contribution in [0.2, 0.25) is 0 Å². The monoisotopic (exact) mass is 379 g/mol. The highest BCUT2D eigenvalue weighted by molar-refractivity contribution is 14.1. The van der Waals surface area contributed by atoms with Gasteiger partial charge in [0.1, 0.15) is 0 Å². The molecule has 0 aliphatic heterocycles. The van der Waals surface area contributed by atoms with Gasteiger partial charge >= 0.3 is 0 Å². The van der Waals surface area contributed by atoms with Gasteiger partial charge in [-0.2, -0.15) is 5.10 Å². The molecule has 0 saturated heterocycles. The Bertz CT molecular complexity index is 809. The topological polar surface area (TPSA) is 61.0 Å². The maximum absolute atomic E-state index is 10.7. The number of nitrogens with zero attached hydrogens (tertiary/aromatic N) is 3. The second-order valence-electron chi connectivity index (χ2n) is 4.41. The fourth-order valence-electron chi connectivity index (χ4n) is 2.18. The predicted molar refractivity (Wildman–Crippen MR) is 85.2 cm³/mol. The summed E-state index contributed by atoms with van der Waals surface area (Å²) in [7, 11) is 0. The Kier molecular flexibility index (Phi) is 3.17. The molecular formula is C14H10IN3O2. The lowest BCUT2D eigenvalue weighted by atomic mass is 10.2. The summed E-state index contributed by atoms with van der Waals surface area (Å²) in [4.78, 5) is 10.3. The van der Waals surface area contributed by atoms with Gasteiger partial charge in [0.15, 0.2) is 0 Å². The Labute approximate surface area is 128 Å². The van der Waals surface area contributed by atoms with Crippen LogP contribution in [0.1, 0.15) is 5.69 Å². The van der Waals surface area contributed by atoms with E-state index < -0.39 is 4.92 Å². The summed E-state index contributed by atoms with van der Waals surface area (Å²) >= 11 is 2.27. The predicted octanol–water partition coefficient (Wildman–Crippen LogP) is 3.85. The molecule has 0 aliphatic rings. The maximum Gasteiger partial charge on any atom is 0.269 e. The second kappa shape index (κ2) is 4.86. The molecule has 0 radical (unpaired) electrons. The number of nitro benzene ring substituents is 1. The van der Waals surface area contributed by atoms with Crippen molar-refractivity contribution in [3.05, 3.63) is 61.8 Å². The van der Waals surface area contributed by atoms with Crippen molar-refractivity contribution in [1.82, 2.24) is 9.78 Å².